The highest BCUT2D eigenvalue weighted by atomic mass is 35.5. The van der Waals surface area contributed by atoms with E-state index in [1.807, 2.05) is 36.0 Å². The van der Waals surface area contributed by atoms with Gasteiger partial charge in [0.2, 0.25) is 0 Å². The largest absolute Gasteiger partial charge is 0.465 e. The summed E-state index contributed by atoms with van der Waals surface area (Å²) in [6.45, 7) is 3.28. The first kappa shape index (κ1) is 14.9. The highest BCUT2D eigenvalue weighted by Crippen LogP contribution is 2.29. The SMILES string of the molecule is CCOC(=O)Cn1cc(CCNC)c2c(Cl)cccc21. The first-order chi connectivity index (χ1) is 9.67. The summed E-state index contributed by atoms with van der Waals surface area (Å²) in [4.78, 5) is 11.7. The van der Waals surface area contributed by atoms with Crippen LogP contribution in [0.15, 0.2) is 24.4 Å². The first-order valence-corrected chi connectivity index (χ1v) is 7.11. The number of ether oxygens (including phenoxy) is 1. The summed E-state index contributed by atoms with van der Waals surface area (Å²) in [5.41, 5.74) is 2.11. The predicted octanol–water partition coefficient (Wildman–Crippen LogP) is 2.62. The molecule has 20 heavy (non-hydrogen) atoms. The van der Waals surface area contributed by atoms with Crippen molar-refractivity contribution >= 4 is 28.5 Å². The van der Waals surface area contributed by atoms with E-state index in [2.05, 4.69) is 5.32 Å². The molecule has 1 aromatic heterocycles. The fraction of sp³-hybridized carbons (Fsp3) is 0.400. The number of fused-ring (bicyclic) bond motifs is 1. The number of aromatic nitrogens is 1. The standard InChI is InChI=1S/C15H19ClN2O2/c1-3-20-14(19)10-18-9-11(7-8-17-2)15-12(16)5-4-6-13(15)18/h4-6,9,17H,3,7-8,10H2,1-2H3. The van der Waals surface area contributed by atoms with Crippen molar-refractivity contribution in [3.8, 4) is 0 Å². The Labute approximate surface area is 123 Å². The summed E-state index contributed by atoms with van der Waals surface area (Å²) < 4.78 is 6.92. The summed E-state index contributed by atoms with van der Waals surface area (Å²) in [7, 11) is 1.92. The lowest BCUT2D eigenvalue weighted by atomic mass is 10.1. The molecule has 1 heterocycles. The van der Waals surface area contributed by atoms with Gasteiger partial charge in [-0.3, -0.25) is 4.79 Å². The Morgan fingerprint density at radius 3 is 2.95 bits per heavy atom. The number of halogens is 1. The quantitative estimate of drug-likeness (QED) is 0.833. The second-order valence-electron chi connectivity index (χ2n) is 4.57. The maximum atomic E-state index is 11.7. The Morgan fingerprint density at radius 1 is 1.45 bits per heavy atom. The molecule has 108 valence electrons. The van der Waals surface area contributed by atoms with E-state index in [1.165, 1.54) is 0 Å². The van der Waals surface area contributed by atoms with Gasteiger partial charge < -0.3 is 14.6 Å². The van der Waals surface area contributed by atoms with Crippen LogP contribution in [0.1, 0.15) is 12.5 Å². The monoisotopic (exact) mass is 294 g/mol. The van der Waals surface area contributed by atoms with Crippen LogP contribution in [0.5, 0.6) is 0 Å². The van der Waals surface area contributed by atoms with Crippen molar-refractivity contribution in [2.24, 2.45) is 0 Å². The van der Waals surface area contributed by atoms with Crippen LogP contribution < -0.4 is 5.32 Å². The molecule has 0 spiro atoms. The van der Waals surface area contributed by atoms with E-state index < -0.39 is 0 Å². The number of nitrogens with zero attached hydrogens (tertiary/aromatic N) is 1. The van der Waals surface area contributed by atoms with Crippen LogP contribution in [-0.4, -0.2) is 30.7 Å². The van der Waals surface area contributed by atoms with Gasteiger partial charge in [0.05, 0.1) is 17.1 Å². The van der Waals surface area contributed by atoms with Crippen LogP contribution in [0.4, 0.5) is 0 Å². The van der Waals surface area contributed by atoms with Gasteiger partial charge in [0.1, 0.15) is 6.54 Å². The summed E-state index contributed by atoms with van der Waals surface area (Å²) in [6, 6.07) is 5.75. The molecule has 0 radical (unpaired) electrons. The molecule has 2 rings (SSSR count). The van der Waals surface area contributed by atoms with Crippen molar-refractivity contribution in [1.82, 2.24) is 9.88 Å². The molecule has 0 bridgehead atoms. The van der Waals surface area contributed by atoms with Gasteiger partial charge in [-0.25, -0.2) is 0 Å². The van der Waals surface area contributed by atoms with Gasteiger partial charge in [-0.1, -0.05) is 17.7 Å². The lowest BCUT2D eigenvalue weighted by Gasteiger charge is -2.05. The lowest BCUT2D eigenvalue weighted by Crippen LogP contribution is -2.13. The van der Waals surface area contributed by atoms with Gasteiger partial charge in [0, 0.05) is 11.6 Å². The van der Waals surface area contributed by atoms with E-state index in [0.29, 0.717) is 6.61 Å². The second-order valence-corrected chi connectivity index (χ2v) is 4.98. The maximum Gasteiger partial charge on any atom is 0.325 e. The predicted molar refractivity (Wildman–Crippen MR) is 81.2 cm³/mol. The molecule has 2 aromatic rings. The van der Waals surface area contributed by atoms with E-state index in [4.69, 9.17) is 16.3 Å². The number of hydrogen-bond donors (Lipinski definition) is 1. The number of benzene rings is 1. The van der Waals surface area contributed by atoms with Crippen LogP contribution in [0.2, 0.25) is 5.02 Å². The number of carbonyl (C=O) groups excluding carboxylic acids is 1. The van der Waals surface area contributed by atoms with Gasteiger partial charge in [-0.05, 0) is 44.6 Å². The minimum absolute atomic E-state index is 0.213. The molecule has 0 aliphatic carbocycles. The van der Waals surface area contributed by atoms with Crippen molar-refractivity contribution in [2.75, 3.05) is 20.2 Å². The van der Waals surface area contributed by atoms with Gasteiger partial charge in [0.15, 0.2) is 0 Å². The fourth-order valence-corrected chi connectivity index (χ4v) is 2.61. The summed E-state index contributed by atoms with van der Waals surface area (Å²) in [5.74, 6) is -0.232. The average molecular weight is 295 g/mol. The number of likely N-dealkylation sites (N-methyl/N-ethyl adjacent to an activating group) is 1. The molecule has 4 nitrogen and oxygen atoms in total. The number of rotatable bonds is 6. The Kier molecular flexibility index (Phi) is 5.04. The second kappa shape index (κ2) is 6.77. The van der Waals surface area contributed by atoms with Crippen molar-refractivity contribution in [2.45, 2.75) is 19.9 Å². The molecule has 0 fully saturated rings. The Morgan fingerprint density at radius 2 is 2.25 bits per heavy atom. The molecular formula is C15H19ClN2O2. The van der Waals surface area contributed by atoms with Crippen LogP contribution in [0, 0.1) is 0 Å². The number of nitrogens with one attached hydrogen (secondary N) is 1. The molecule has 1 aromatic carbocycles. The average Bonchev–Trinajstić information content (AvgIpc) is 2.76. The minimum Gasteiger partial charge on any atom is -0.465 e. The third-order valence-corrected chi connectivity index (χ3v) is 3.50. The highest BCUT2D eigenvalue weighted by molar-refractivity contribution is 6.35. The van der Waals surface area contributed by atoms with E-state index >= 15 is 0 Å². The van der Waals surface area contributed by atoms with Crippen LogP contribution in [0.3, 0.4) is 0 Å². The molecular weight excluding hydrogens is 276 g/mol. The van der Waals surface area contributed by atoms with Crippen LogP contribution in [-0.2, 0) is 22.5 Å². The number of carbonyl (C=O) groups is 1. The molecule has 0 saturated carbocycles. The van der Waals surface area contributed by atoms with Crippen molar-refractivity contribution in [3.05, 3.63) is 35.0 Å². The minimum atomic E-state index is -0.232. The molecule has 0 atom stereocenters. The zero-order valence-electron chi connectivity index (χ0n) is 11.8. The Balaban J connectivity index is 2.39. The normalized spacial score (nSPS) is 10.9. The van der Waals surface area contributed by atoms with E-state index in [1.54, 1.807) is 6.92 Å². The van der Waals surface area contributed by atoms with Gasteiger partial charge in [-0.15, -0.1) is 0 Å². The summed E-state index contributed by atoms with van der Waals surface area (Å²) >= 11 is 6.30. The first-order valence-electron chi connectivity index (χ1n) is 6.73. The Bertz CT molecular complexity index is 607. The van der Waals surface area contributed by atoms with E-state index in [-0.39, 0.29) is 12.5 Å². The fourth-order valence-electron chi connectivity index (χ4n) is 2.32. The summed E-state index contributed by atoms with van der Waals surface area (Å²) in [5, 5.41) is 4.87. The maximum absolute atomic E-state index is 11.7. The van der Waals surface area contributed by atoms with Gasteiger partial charge in [0.25, 0.3) is 0 Å². The molecule has 1 N–H and O–H groups in total. The topological polar surface area (TPSA) is 43.3 Å². The Hall–Kier alpha value is -1.52. The van der Waals surface area contributed by atoms with Crippen LogP contribution in [0.25, 0.3) is 10.9 Å². The van der Waals surface area contributed by atoms with Crippen molar-refractivity contribution in [3.63, 3.8) is 0 Å². The van der Waals surface area contributed by atoms with Gasteiger partial charge >= 0.3 is 5.97 Å². The molecule has 0 saturated heterocycles. The number of hydrogen-bond acceptors (Lipinski definition) is 3. The van der Waals surface area contributed by atoms with E-state index in [0.717, 1.165) is 34.5 Å². The zero-order chi connectivity index (χ0) is 14.5. The highest BCUT2D eigenvalue weighted by Gasteiger charge is 2.13. The zero-order valence-corrected chi connectivity index (χ0v) is 12.5. The van der Waals surface area contributed by atoms with Crippen molar-refractivity contribution < 1.29 is 9.53 Å². The molecule has 5 heteroatoms. The number of esters is 1. The third-order valence-electron chi connectivity index (χ3n) is 3.18. The van der Waals surface area contributed by atoms with Crippen LogP contribution >= 0.6 is 11.6 Å². The van der Waals surface area contributed by atoms with Crippen molar-refractivity contribution in [1.29, 1.82) is 0 Å². The third kappa shape index (κ3) is 3.14. The lowest BCUT2D eigenvalue weighted by molar-refractivity contribution is -0.143. The molecule has 0 amide bonds. The summed E-state index contributed by atoms with van der Waals surface area (Å²) in [6.07, 6.45) is 2.86. The van der Waals surface area contributed by atoms with Gasteiger partial charge in [-0.2, -0.15) is 0 Å². The smallest absolute Gasteiger partial charge is 0.325 e. The molecule has 0 aliphatic rings. The molecule has 0 aliphatic heterocycles. The van der Waals surface area contributed by atoms with E-state index in [9.17, 15) is 4.79 Å². The molecule has 0 unspecified atom stereocenters.